The molecule has 0 saturated carbocycles. The van der Waals surface area contributed by atoms with Gasteiger partial charge in [-0.2, -0.15) is 5.10 Å². The zero-order chi connectivity index (χ0) is 14.7. The predicted octanol–water partition coefficient (Wildman–Crippen LogP) is 0.904. The van der Waals surface area contributed by atoms with Gasteiger partial charge in [-0.05, 0) is 12.1 Å². The number of nitrogens with one attached hydrogen (secondary N) is 1. The number of carbonyl (C=O) groups excluding carboxylic acids is 1. The van der Waals surface area contributed by atoms with E-state index < -0.39 is 0 Å². The van der Waals surface area contributed by atoms with Gasteiger partial charge in [0.15, 0.2) is 5.82 Å². The van der Waals surface area contributed by atoms with Gasteiger partial charge in [-0.3, -0.25) is 9.48 Å². The van der Waals surface area contributed by atoms with E-state index in [4.69, 9.17) is 4.74 Å². The molecule has 0 atom stereocenters. The number of rotatable bonds is 3. The topological polar surface area (TPSA) is 72.3 Å². The van der Waals surface area contributed by atoms with Gasteiger partial charge in [-0.15, -0.1) is 0 Å². The molecule has 0 aliphatic carbocycles. The van der Waals surface area contributed by atoms with E-state index in [1.807, 2.05) is 0 Å². The van der Waals surface area contributed by atoms with Crippen LogP contribution >= 0.6 is 0 Å². The highest BCUT2D eigenvalue weighted by Gasteiger charge is 2.20. The molecule has 2 aromatic heterocycles. The zero-order valence-corrected chi connectivity index (χ0v) is 11.8. The molecule has 0 aromatic carbocycles. The third-order valence-corrected chi connectivity index (χ3v) is 3.30. The van der Waals surface area contributed by atoms with Crippen LogP contribution in [0.4, 0.5) is 11.6 Å². The van der Waals surface area contributed by atoms with Crippen LogP contribution < -0.4 is 10.2 Å². The molecule has 1 amide bonds. The van der Waals surface area contributed by atoms with Crippen LogP contribution in [-0.2, 0) is 11.8 Å². The second-order valence-corrected chi connectivity index (χ2v) is 4.80. The summed E-state index contributed by atoms with van der Waals surface area (Å²) in [5.41, 5.74) is 0.546. The Balaban J connectivity index is 1.82. The molecule has 1 saturated heterocycles. The molecule has 0 radical (unpaired) electrons. The Bertz CT molecular complexity index is 634. The van der Waals surface area contributed by atoms with Gasteiger partial charge in [0.05, 0.1) is 18.8 Å². The average molecular weight is 287 g/mol. The zero-order valence-electron chi connectivity index (χ0n) is 11.8. The molecule has 3 rings (SSSR count). The van der Waals surface area contributed by atoms with Crippen LogP contribution in [0.25, 0.3) is 0 Å². The fourth-order valence-electron chi connectivity index (χ4n) is 2.27. The van der Waals surface area contributed by atoms with Gasteiger partial charge in [-0.25, -0.2) is 4.98 Å². The molecule has 2 aromatic rings. The number of nitrogens with zero attached hydrogens (tertiary/aromatic N) is 4. The molecule has 1 aliphatic heterocycles. The number of aryl methyl sites for hydroxylation is 1. The summed E-state index contributed by atoms with van der Waals surface area (Å²) < 4.78 is 6.98. The monoisotopic (exact) mass is 287 g/mol. The van der Waals surface area contributed by atoms with Crippen LogP contribution in [0.3, 0.4) is 0 Å². The van der Waals surface area contributed by atoms with Crippen LogP contribution in [0.5, 0.6) is 0 Å². The normalized spacial score (nSPS) is 15.0. The lowest BCUT2D eigenvalue weighted by atomic mass is 10.2. The standard InChI is InChI=1S/C14H17N5O2/c1-18-6-4-12(17-18)16-14(20)11-3-2-5-15-13(11)19-7-9-21-10-8-19/h2-6H,7-10H2,1H3,(H,16,17,20). The molecule has 21 heavy (non-hydrogen) atoms. The molecule has 3 heterocycles. The Hall–Kier alpha value is -2.41. The molecule has 0 unspecified atom stereocenters. The van der Waals surface area contributed by atoms with E-state index in [1.54, 1.807) is 42.3 Å². The summed E-state index contributed by atoms with van der Waals surface area (Å²) in [4.78, 5) is 18.8. The van der Waals surface area contributed by atoms with Gasteiger partial charge in [-0.1, -0.05) is 0 Å². The Morgan fingerprint density at radius 3 is 2.86 bits per heavy atom. The van der Waals surface area contributed by atoms with E-state index in [0.29, 0.717) is 30.4 Å². The number of amides is 1. The fraction of sp³-hybridized carbons (Fsp3) is 0.357. The van der Waals surface area contributed by atoms with Crippen LogP contribution in [0, 0.1) is 0 Å². The largest absolute Gasteiger partial charge is 0.378 e. The smallest absolute Gasteiger partial charge is 0.260 e. The minimum atomic E-state index is -0.205. The molecule has 1 fully saturated rings. The average Bonchev–Trinajstić information content (AvgIpc) is 2.93. The highest BCUT2D eigenvalue weighted by molar-refractivity contribution is 6.07. The quantitative estimate of drug-likeness (QED) is 0.908. The SMILES string of the molecule is Cn1ccc(NC(=O)c2cccnc2N2CCOCC2)n1. The first-order valence-corrected chi connectivity index (χ1v) is 6.83. The van der Waals surface area contributed by atoms with Crippen molar-refractivity contribution in [1.29, 1.82) is 0 Å². The van der Waals surface area contributed by atoms with Gasteiger partial charge in [0, 0.05) is 38.6 Å². The number of aromatic nitrogens is 3. The van der Waals surface area contributed by atoms with Crippen molar-refractivity contribution >= 4 is 17.5 Å². The van der Waals surface area contributed by atoms with Gasteiger partial charge in [0.25, 0.3) is 5.91 Å². The second-order valence-electron chi connectivity index (χ2n) is 4.80. The molecular weight excluding hydrogens is 270 g/mol. The lowest BCUT2D eigenvalue weighted by Gasteiger charge is -2.29. The first kappa shape index (κ1) is 13.6. The van der Waals surface area contributed by atoms with Crippen LogP contribution in [0.15, 0.2) is 30.6 Å². The maximum absolute atomic E-state index is 12.4. The van der Waals surface area contributed by atoms with Crippen molar-refractivity contribution in [3.8, 4) is 0 Å². The molecule has 1 aliphatic rings. The number of anilines is 2. The van der Waals surface area contributed by atoms with Crippen molar-refractivity contribution in [3.05, 3.63) is 36.2 Å². The van der Waals surface area contributed by atoms with Gasteiger partial charge < -0.3 is 15.0 Å². The first-order chi connectivity index (χ1) is 10.2. The van der Waals surface area contributed by atoms with Gasteiger partial charge in [0.1, 0.15) is 5.82 Å². The molecular formula is C14H17N5O2. The first-order valence-electron chi connectivity index (χ1n) is 6.83. The third-order valence-electron chi connectivity index (χ3n) is 3.30. The number of pyridine rings is 1. The molecule has 7 heteroatoms. The van der Waals surface area contributed by atoms with Crippen molar-refractivity contribution in [2.75, 3.05) is 36.5 Å². The minimum Gasteiger partial charge on any atom is -0.378 e. The highest BCUT2D eigenvalue weighted by atomic mass is 16.5. The summed E-state index contributed by atoms with van der Waals surface area (Å²) in [6.07, 6.45) is 3.48. The number of hydrogen-bond donors (Lipinski definition) is 1. The van der Waals surface area contributed by atoms with E-state index in [-0.39, 0.29) is 5.91 Å². The van der Waals surface area contributed by atoms with Crippen LogP contribution in [0.1, 0.15) is 10.4 Å². The summed E-state index contributed by atoms with van der Waals surface area (Å²) in [7, 11) is 1.80. The Morgan fingerprint density at radius 2 is 2.14 bits per heavy atom. The summed E-state index contributed by atoms with van der Waals surface area (Å²) in [5, 5.41) is 6.94. The maximum Gasteiger partial charge on any atom is 0.260 e. The predicted molar refractivity (Wildman–Crippen MR) is 78.4 cm³/mol. The Kier molecular flexibility index (Phi) is 3.83. The Labute approximate surface area is 122 Å². The second kappa shape index (κ2) is 5.92. The summed E-state index contributed by atoms with van der Waals surface area (Å²) in [6, 6.07) is 5.29. The van der Waals surface area contributed by atoms with E-state index in [2.05, 4.69) is 20.3 Å². The van der Waals surface area contributed by atoms with Crippen molar-refractivity contribution < 1.29 is 9.53 Å². The number of hydrogen-bond acceptors (Lipinski definition) is 5. The summed E-state index contributed by atoms with van der Waals surface area (Å²) in [5.74, 6) is 1.01. The highest BCUT2D eigenvalue weighted by Crippen LogP contribution is 2.19. The fourth-order valence-corrected chi connectivity index (χ4v) is 2.27. The van der Waals surface area contributed by atoms with Crippen molar-refractivity contribution in [2.24, 2.45) is 7.05 Å². The number of morpholine rings is 1. The maximum atomic E-state index is 12.4. The molecule has 0 spiro atoms. The Morgan fingerprint density at radius 1 is 1.33 bits per heavy atom. The van der Waals surface area contributed by atoms with Gasteiger partial charge >= 0.3 is 0 Å². The summed E-state index contributed by atoms with van der Waals surface area (Å²) in [6.45, 7) is 2.78. The van der Waals surface area contributed by atoms with Crippen molar-refractivity contribution in [2.45, 2.75) is 0 Å². The lowest BCUT2D eigenvalue weighted by Crippen LogP contribution is -2.38. The number of ether oxygens (including phenoxy) is 1. The van der Waals surface area contributed by atoms with Gasteiger partial charge in [0.2, 0.25) is 0 Å². The molecule has 0 bridgehead atoms. The lowest BCUT2D eigenvalue weighted by molar-refractivity contribution is 0.102. The minimum absolute atomic E-state index is 0.205. The molecule has 1 N–H and O–H groups in total. The van der Waals surface area contributed by atoms with Crippen molar-refractivity contribution in [3.63, 3.8) is 0 Å². The van der Waals surface area contributed by atoms with Crippen molar-refractivity contribution in [1.82, 2.24) is 14.8 Å². The van der Waals surface area contributed by atoms with E-state index in [0.717, 1.165) is 13.1 Å². The summed E-state index contributed by atoms with van der Waals surface area (Å²) >= 11 is 0. The van der Waals surface area contributed by atoms with E-state index >= 15 is 0 Å². The van der Waals surface area contributed by atoms with E-state index in [1.165, 1.54) is 0 Å². The molecule has 110 valence electrons. The third kappa shape index (κ3) is 3.03. The number of carbonyl (C=O) groups is 1. The molecule has 7 nitrogen and oxygen atoms in total. The van der Waals surface area contributed by atoms with E-state index in [9.17, 15) is 4.79 Å². The van der Waals surface area contributed by atoms with Crippen LogP contribution in [0.2, 0.25) is 0 Å². The van der Waals surface area contributed by atoms with Crippen LogP contribution in [-0.4, -0.2) is 47.0 Å².